The Morgan fingerprint density at radius 1 is 1.00 bits per heavy atom. The minimum atomic E-state index is -1.64. The van der Waals surface area contributed by atoms with Crippen molar-refractivity contribution in [3.63, 3.8) is 0 Å². The molecular weight excluding hydrogens is 756 g/mol. The Morgan fingerprint density at radius 2 is 1.68 bits per heavy atom. The maximum atomic E-state index is 17.0. The Balaban J connectivity index is 1.46. The van der Waals surface area contributed by atoms with Gasteiger partial charge in [0.25, 0.3) is 0 Å². The van der Waals surface area contributed by atoms with Gasteiger partial charge in [0, 0.05) is 23.2 Å². The van der Waals surface area contributed by atoms with Crippen LogP contribution in [0.15, 0.2) is 85.1 Å². The number of ether oxygens (including phenoxy) is 1. The van der Waals surface area contributed by atoms with E-state index in [1.807, 2.05) is 60.7 Å². The number of amides is 2. The van der Waals surface area contributed by atoms with Crippen molar-refractivity contribution in [3.05, 3.63) is 123 Å². The Labute approximate surface area is 335 Å². The van der Waals surface area contributed by atoms with Gasteiger partial charge in [-0.3, -0.25) is 14.5 Å². The van der Waals surface area contributed by atoms with Crippen LogP contribution in [0.25, 0.3) is 0 Å². The first-order valence-electron chi connectivity index (χ1n) is 19.3. The maximum Gasteiger partial charge on any atom is 0.238 e. The van der Waals surface area contributed by atoms with Gasteiger partial charge in [-0.25, -0.2) is 14.4 Å². The zero-order chi connectivity index (χ0) is 39.4. The smallest absolute Gasteiger partial charge is 0.238 e. The second kappa shape index (κ2) is 15.1. The highest BCUT2D eigenvalue weighted by Crippen LogP contribution is 2.69. The van der Waals surface area contributed by atoms with Crippen LogP contribution in [0, 0.1) is 11.2 Å². The van der Waals surface area contributed by atoms with E-state index in [0.29, 0.717) is 49.7 Å². The first kappa shape index (κ1) is 38.9. The fourth-order valence-electron chi connectivity index (χ4n) is 10.2. The SMILES string of the molecule is CC1(C)CCC2(CC1)N([C@H](c1ccccc1)[C@@H](O)c1ccccc1)[C@@H](C(=O)N[C@H]1CC[C@H](CO)OC1)[C@H](c1ccnc(Cl)c1F)[C@]21C(=O)Nc2nc(Cl)ccc21. The van der Waals surface area contributed by atoms with Crippen molar-refractivity contribution in [3.8, 4) is 0 Å². The summed E-state index contributed by atoms with van der Waals surface area (Å²) < 4.78 is 22.9. The average Bonchev–Trinajstić information content (AvgIpc) is 3.63. The van der Waals surface area contributed by atoms with Gasteiger partial charge >= 0.3 is 0 Å². The molecule has 8 rings (SSSR count). The second-order valence-corrected chi connectivity index (χ2v) is 17.2. The normalized spacial score (nSPS) is 27.8. The minimum Gasteiger partial charge on any atom is -0.394 e. The van der Waals surface area contributed by atoms with Crippen LogP contribution < -0.4 is 10.6 Å². The number of benzene rings is 2. The molecule has 10 nitrogen and oxygen atoms in total. The van der Waals surface area contributed by atoms with E-state index in [1.54, 1.807) is 12.1 Å². The van der Waals surface area contributed by atoms with E-state index >= 15 is 14.0 Å². The molecule has 5 heterocycles. The fraction of sp³-hybridized carbons (Fsp3) is 0.442. The lowest BCUT2D eigenvalue weighted by atomic mass is 9.53. The van der Waals surface area contributed by atoms with Crippen LogP contribution in [0.3, 0.4) is 0 Å². The summed E-state index contributed by atoms with van der Waals surface area (Å²) in [4.78, 5) is 41.8. The maximum absolute atomic E-state index is 17.0. The number of pyridine rings is 2. The zero-order valence-electron chi connectivity index (χ0n) is 31.3. The highest BCUT2D eigenvalue weighted by Gasteiger charge is 2.77. The molecule has 0 bridgehead atoms. The number of nitrogens with zero attached hydrogens (tertiary/aromatic N) is 3. The summed E-state index contributed by atoms with van der Waals surface area (Å²) in [6.07, 6.45) is 3.09. The third-order valence-electron chi connectivity index (χ3n) is 12.9. The van der Waals surface area contributed by atoms with Crippen LogP contribution in [0.1, 0.15) is 92.7 Å². The molecule has 3 aliphatic heterocycles. The van der Waals surface area contributed by atoms with Crippen LogP contribution in [-0.2, 0) is 19.7 Å². The average molecular weight is 803 g/mol. The number of aromatic nitrogens is 2. The summed E-state index contributed by atoms with van der Waals surface area (Å²) in [5.41, 5.74) is -1.09. The number of likely N-dealkylation sites (tertiary alicyclic amines) is 1. The first-order valence-corrected chi connectivity index (χ1v) is 20.0. The van der Waals surface area contributed by atoms with E-state index in [1.165, 1.54) is 12.3 Å². The molecule has 2 saturated heterocycles. The number of carbonyl (C=O) groups is 2. The predicted octanol–water partition coefficient (Wildman–Crippen LogP) is 7.05. The van der Waals surface area contributed by atoms with Gasteiger partial charge in [-0.2, -0.15) is 0 Å². The first-order chi connectivity index (χ1) is 26.9. The molecule has 13 heteroatoms. The van der Waals surface area contributed by atoms with Crippen molar-refractivity contribution in [1.82, 2.24) is 20.2 Å². The van der Waals surface area contributed by atoms with Gasteiger partial charge in [0.1, 0.15) is 16.4 Å². The molecule has 56 heavy (non-hydrogen) atoms. The lowest BCUT2D eigenvalue weighted by Gasteiger charge is -2.56. The zero-order valence-corrected chi connectivity index (χ0v) is 32.8. The van der Waals surface area contributed by atoms with Gasteiger partial charge in [-0.1, -0.05) is 104 Å². The number of halogens is 3. The van der Waals surface area contributed by atoms with Crippen LogP contribution in [0.2, 0.25) is 10.3 Å². The molecule has 7 atom stereocenters. The molecule has 4 N–H and O–H groups in total. The van der Waals surface area contributed by atoms with E-state index in [4.69, 9.17) is 27.9 Å². The lowest BCUT2D eigenvalue weighted by molar-refractivity contribution is -0.138. The van der Waals surface area contributed by atoms with E-state index in [9.17, 15) is 10.2 Å². The molecule has 4 aliphatic rings. The van der Waals surface area contributed by atoms with Gasteiger partial charge in [0.15, 0.2) is 11.0 Å². The molecule has 2 amide bonds. The molecule has 294 valence electrons. The number of nitrogens with one attached hydrogen (secondary N) is 2. The van der Waals surface area contributed by atoms with Gasteiger partial charge in [0.2, 0.25) is 11.8 Å². The second-order valence-electron chi connectivity index (χ2n) is 16.5. The number of hydrogen-bond acceptors (Lipinski definition) is 8. The van der Waals surface area contributed by atoms with Gasteiger partial charge < -0.3 is 25.6 Å². The molecule has 1 aliphatic carbocycles. The van der Waals surface area contributed by atoms with E-state index in [-0.39, 0.29) is 46.4 Å². The number of rotatable bonds is 8. The van der Waals surface area contributed by atoms with Crippen LogP contribution in [-0.4, -0.2) is 73.8 Å². The van der Waals surface area contributed by atoms with Crippen molar-refractivity contribution in [1.29, 1.82) is 0 Å². The third-order valence-corrected chi connectivity index (χ3v) is 13.4. The van der Waals surface area contributed by atoms with Crippen LogP contribution in [0.4, 0.5) is 10.2 Å². The van der Waals surface area contributed by atoms with Crippen molar-refractivity contribution >= 4 is 40.8 Å². The van der Waals surface area contributed by atoms with E-state index in [0.717, 1.165) is 5.56 Å². The summed E-state index contributed by atoms with van der Waals surface area (Å²) in [7, 11) is 0. The highest BCUT2D eigenvalue weighted by molar-refractivity contribution is 6.30. The molecule has 2 aromatic carbocycles. The summed E-state index contributed by atoms with van der Waals surface area (Å²) in [6, 6.07) is 21.1. The van der Waals surface area contributed by atoms with Crippen LogP contribution >= 0.6 is 23.2 Å². The van der Waals surface area contributed by atoms with Gasteiger partial charge in [0.05, 0.1) is 43.5 Å². The molecule has 4 aromatic rings. The Hall–Kier alpha value is -3.97. The topological polar surface area (TPSA) is 137 Å². The van der Waals surface area contributed by atoms with E-state index < -0.39 is 58.7 Å². The summed E-state index contributed by atoms with van der Waals surface area (Å²) in [6.45, 7) is 4.41. The molecule has 2 aromatic heterocycles. The molecule has 0 radical (unpaired) electrons. The Kier molecular flexibility index (Phi) is 10.5. The fourth-order valence-corrected chi connectivity index (χ4v) is 10.5. The largest absolute Gasteiger partial charge is 0.394 e. The molecule has 1 saturated carbocycles. The minimum absolute atomic E-state index is 0.0519. The third kappa shape index (κ3) is 6.31. The molecule has 3 fully saturated rings. The van der Waals surface area contributed by atoms with Gasteiger partial charge in [-0.15, -0.1) is 0 Å². The lowest BCUT2D eigenvalue weighted by Crippen LogP contribution is -2.64. The Morgan fingerprint density at radius 3 is 2.32 bits per heavy atom. The summed E-state index contributed by atoms with van der Waals surface area (Å²) in [5, 5.41) is 28.6. The standard InChI is InChI=1S/C43H46Cl2FN5O5/c1-41(2)18-20-42(21-19-41)43(30-15-16-31(44)49-38(30)50-40(43)55)32(29-17-22-47-37(45)33(29)46)35(39(54)48-27-13-14-28(23-52)56-24-27)51(42)34(25-9-5-3-6-10-25)36(53)26-11-7-4-8-12-26/h3-12,15-17,22,27-28,32,34-36,52-53H,13-14,18-21,23-24H2,1-2H3,(H,48,54)(H,49,50,55)/t27-,28+,32-,34+,35+,36-,43+/m0/s1. The summed E-state index contributed by atoms with van der Waals surface area (Å²) in [5.74, 6) is -2.68. The Bertz CT molecular complexity index is 2090. The van der Waals surface area contributed by atoms with Crippen molar-refractivity contribution in [2.24, 2.45) is 5.41 Å². The molecule has 2 spiro atoms. The predicted molar refractivity (Wildman–Crippen MR) is 211 cm³/mol. The summed E-state index contributed by atoms with van der Waals surface area (Å²) >= 11 is 13.0. The number of hydrogen-bond donors (Lipinski definition) is 4. The molecule has 0 unspecified atom stereocenters. The van der Waals surface area contributed by atoms with E-state index in [2.05, 4.69) is 39.3 Å². The quantitative estimate of drug-likeness (QED) is 0.139. The van der Waals surface area contributed by atoms with Crippen molar-refractivity contribution < 1.29 is 28.9 Å². The number of aliphatic hydroxyl groups is 2. The monoisotopic (exact) mass is 801 g/mol. The number of aliphatic hydroxyl groups excluding tert-OH is 2. The van der Waals surface area contributed by atoms with Crippen molar-refractivity contribution in [2.75, 3.05) is 18.5 Å². The van der Waals surface area contributed by atoms with Crippen molar-refractivity contribution in [2.45, 2.75) is 99.6 Å². The highest BCUT2D eigenvalue weighted by atomic mass is 35.5. The number of fused-ring (bicyclic) bond motifs is 3. The molecular formula is C43H46Cl2FN5O5. The van der Waals surface area contributed by atoms with Crippen LogP contribution in [0.5, 0.6) is 0 Å². The van der Waals surface area contributed by atoms with Gasteiger partial charge in [-0.05, 0) is 72.8 Å². The number of carbonyl (C=O) groups excluding carboxylic acids is 2. The number of anilines is 1.